The number of aromatic nitrogens is 5. The highest BCUT2D eigenvalue weighted by atomic mass is 35.5. The number of aryl methyl sites for hydroxylation is 1. The van der Waals surface area contributed by atoms with Gasteiger partial charge in [0.2, 0.25) is 11.8 Å². The number of nitrogens with zero attached hydrogens (tertiary/aromatic N) is 5. The van der Waals surface area contributed by atoms with E-state index in [0.717, 1.165) is 5.56 Å². The molecule has 0 atom stereocenters. The zero-order chi connectivity index (χ0) is 23.1. The molecule has 0 saturated heterocycles. The number of carbonyl (C=O) groups excluding carboxylic acids is 1. The topological polar surface area (TPSA) is 96.1 Å². The Morgan fingerprint density at radius 2 is 2.03 bits per heavy atom. The fourth-order valence-corrected chi connectivity index (χ4v) is 3.90. The second kappa shape index (κ2) is 11.6. The quantitative estimate of drug-likeness (QED) is 0.394. The van der Waals surface area contributed by atoms with Gasteiger partial charge in [-0.2, -0.15) is 0 Å². The minimum atomic E-state index is -0.204. The SMILES string of the molecule is CCOc1nn(CC)cc1-c1nnc(SCC(=O)Nc2ccc(Cl)c(Cl)c2)n1CCOC. The Labute approximate surface area is 200 Å². The summed E-state index contributed by atoms with van der Waals surface area (Å²) in [6.07, 6.45) is 1.88. The second-order valence-electron chi connectivity index (χ2n) is 6.55. The lowest BCUT2D eigenvalue weighted by Crippen LogP contribution is -2.15. The molecule has 1 aromatic carbocycles. The van der Waals surface area contributed by atoms with Crippen LogP contribution in [0.2, 0.25) is 10.0 Å². The average Bonchev–Trinajstić information content (AvgIpc) is 3.37. The standard InChI is InChI=1S/C20H24Cl2N6O3S/c1-4-27-11-14(19(26-27)31-5-2)18-24-25-20(28(18)8-9-30-3)32-12-17(29)23-13-6-7-15(21)16(22)10-13/h6-7,10-11H,4-5,8-9,12H2,1-3H3,(H,23,29). The molecular formula is C20H24Cl2N6O3S. The molecule has 0 fully saturated rings. The maximum atomic E-state index is 12.4. The molecule has 12 heteroatoms. The number of nitrogens with one attached hydrogen (secondary N) is 1. The Morgan fingerprint density at radius 1 is 1.22 bits per heavy atom. The second-order valence-corrected chi connectivity index (χ2v) is 8.31. The normalized spacial score (nSPS) is 11.0. The van der Waals surface area contributed by atoms with Crippen LogP contribution in [0.4, 0.5) is 5.69 Å². The van der Waals surface area contributed by atoms with Crippen LogP contribution in [-0.4, -0.2) is 56.5 Å². The van der Waals surface area contributed by atoms with Crippen molar-refractivity contribution in [3.05, 3.63) is 34.4 Å². The van der Waals surface area contributed by atoms with E-state index >= 15 is 0 Å². The highest BCUT2D eigenvalue weighted by molar-refractivity contribution is 7.99. The highest BCUT2D eigenvalue weighted by Crippen LogP contribution is 2.31. The Morgan fingerprint density at radius 3 is 2.72 bits per heavy atom. The molecule has 3 aromatic rings. The third kappa shape index (κ3) is 5.94. The van der Waals surface area contributed by atoms with E-state index in [9.17, 15) is 4.79 Å². The fourth-order valence-electron chi connectivity index (χ4n) is 2.84. The van der Waals surface area contributed by atoms with Crippen molar-refractivity contribution in [3.63, 3.8) is 0 Å². The summed E-state index contributed by atoms with van der Waals surface area (Å²) in [4.78, 5) is 12.4. The van der Waals surface area contributed by atoms with Crippen molar-refractivity contribution in [1.29, 1.82) is 0 Å². The first-order valence-corrected chi connectivity index (χ1v) is 11.7. The van der Waals surface area contributed by atoms with E-state index in [-0.39, 0.29) is 11.7 Å². The molecule has 3 rings (SSSR count). The monoisotopic (exact) mass is 498 g/mol. The maximum Gasteiger partial charge on any atom is 0.243 e. The van der Waals surface area contributed by atoms with Crippen LogP contribution in [0.25, 0.3) is 11.4 Å². The van der Waals surface area contributed by atoms with Gasteiger partial charge in [0.25, 0.3) is 0 Å². The predicted octanol–water partition coefficient (Wildman–Crippen LogP) is 4.24. The third-order valence-electron chi connectivity index (χ3n) is 4.35. The molecule has 0 spiro atoms. The van der Waals surface area contributed by atoms with E-state index in [4.69, 9.17) is 32.7 Å². The smallest absolute Gasteiger partial charge is 0.243 e. The molecule has 2 heterocycles. The summed E-state index contributed by atoms with van der Waals surface area (Å²) >= 11 is 13.2. The molecule has 0 aliphatic rings. The van der Waals surface area contributed by atoms with Crippen LogP contribution in [0, 0.1) is 0 Å². The molecule has 0 radical (unpaired) electrons. The zero-order valence-corrected chi connectivity index (χ0v) is 20.3. The van der Waals surface area contributed by atoms with Crippen molar-refractivity contribution in [2.45, 2.75) is 32.1 Å². The van der Waals surface area contributed by atoms with Gasteiger partial charge in [0.15, 0.2) is 11.0 Å². The van der Waals surface area contributed by atoms with Crippen LogP contribution in [0.15, 0.2) is 29.6 Å². The summed E-state index contributed by atoms with van der Waals surface area (Å²) in [7, 11) is 1.63. The Hall–Kier alpha value is -2.27. The maximum absolute atomic E-state index is 12.4. The van der Waals surface area contributed by atoms with Gasteiger partial charge in [0, 0.05) is 25.5 Å². The van der Waals surface area contributed by atoms with E-state index in [1.54, 1.807) is 30.0 Å². The molecule has 0 aliphatic heterocycles. The number of hydrogen-bond acceptors (Lipinski definition) is 7. The van der Waals surface area contributed by atoms with Gasteiger partial charge >= 0.3 is 0 Å². The number of carbonyl (C=O) groups is 1. The van der Waals surface area contributed by atoms with E-state index in [0.29, 0.717) is 58.9 Å². The predicted molar refractivity (Wildman–Crippen MR) is 126 cm³/mol. The third-order valence-corrected chi connectivity index (χ3v) is 6.05. The summed E-state index contributed by atoms with van der Waals surface area (Å²) in [6, 6.07) is 4.93. The lowest BCUT2D eigenvalue weighted by atomic mass is 10.3. The summed E-state index contributed by atoms with van der Waals surface area (Å²) in [5.41, 5.74) is 1.31. The molecular weight excluding hydrogens is 475 g/mol. The van der Waals surface area contributed by atoms with E-state index in [1.165, 1.54) is 11.8 Å². The molecule has 1 amide bonds. The molecule has 0 unspecified atom stereocenters. The van der Waals surface area contributed by atoms with Gasteiger partial charge in [-0.3, -0.25) is 14.0 Å². The average molecular weight is 499 g/mol. The van der Waals surface area contributed by atoms with Gasteiger partial charge in [-0.1, -0.05) is 35.0 Å². The molecule has 32 heavy (non-hydrogen) atoms. The van der Waals surface area contributed by atoms with Crippen LogP contribution >= 0.6 is 35.0 Å². The first-order chi connectivity index (χ1) is 15.5. The first-order valence-electron chi connectivity index (χ1n) is 9.97. The molecule has 9 nitrogen and oxygen atoms in total. The van der Waals surface area contributed by atoms with Crippen LogP contribution in [0.1, 0.15) is 13.8 Å². The minimum Gasteiger partial charge on any atom is -0.476 e. The van der Waals surface area contributed by atoms with E-state index in [1.807, 2.05) is 24.6 Å². The molecule has 2 aromatic heterocycles. The Bertz CT molecular complexity index is 1070. The lowest BCUT2D eigenvalue weighted by molar-refractivity contribution is -0.113. The number of amides is 1. The van der Waals surface area contributed by atoms with E-state index < -0.39 is 0 Å². The highest BCUT2D eigenvalue weighted by Gasteiger charge is 2.21. The number of ether oxygens (including phenoxy) is 2. The zero-order valence-electron chi connectivity index (χ0n) is 18.0. The Kier molecular flexibility index (Phi) is 8.80. The van der Waals surface area contributed by atoms with Crippen LogP contribution in [0.5, 0.6) is 5.88 Å². The van der Waals surface area contributed by atoms with Gasteiger partial charge in [-0.05, 0) is 32.0 Å². The first kappa shape index (κ1) is 24.4. The van der Waals surface area contributed by atoms with Crippen molar-refractivity contribution in [2.75, 3.05) is 31.4 Å². The van der Waals surface area contributed by atoms with Gasteiger partial charge in [-0.25, -0.2) is 0 Å². The summed E-state index contributed by atoms with van der Waals surface area (Å²) in [5, 5.41) is 17.3. The van der Waals surface area contributed by atoms with Crippen molar-refractivity contribution in [2.24, 2.45) is 0 Å². The van der Waals surface area contributed by atoms with Crippen molar-refractivity contribution in [1.82, 2.24) is 24.5 Å². The number of rotatable bonds is 11. The van der Waals surface area contributed by atoms with Crippen molar-refractivity contribution in [3.8, 4) is 17.3 Å². The van der Waals surface area contributed by atoms with Gasteiger partial charge in [-0.15, -0.1) is 15.3 Å². The van der Waals surface area contributed by atoms with Crippen LogP contribution in [0.3, 0.4) is 0 Å². The molecule has 0 saturated carbocycles. The number of anilines is 1. The molecule has 1 N–H and O–H groups in total. The fraction of sp³-hybridized carbons (Fsp3) is 0.400. The number of methoxy groups -OCH3 is 1. The number of hydrogen-bond donors (Lipinski definition) is 1. The summed E-state index contributed by atoms with van der Waals surface area (Å²) in [5.74, 6) is 1.04. The molecule has 0 aliphatic carbocycles. The summed E-state index contributed by atoms with van der Waals surface area (Å²) < 4.78 is 14.6. The van der Waals surface area contributed by atoms with Gasteiger partial charge < -0.3 is 14.8 Å². The van der Waals surface area contributed by atoms with Crippen LogP contribution < -0.4 is 10.1 Å². The lowest BCUT2D eigenvalue weighted by Gasteiger charge is -2.10. The van der Waals surface area contributed by atoms with Crippen molar-refractivity contribution >= 4 is 46.6 Å². The van der Waals surface area contributed by atoms with E-state index in [2.05, 4.69) is 20.6 Å². The van der Waals surface area contributed by atoms with Gasteiger partial charge in [0.1, 0.15) is 5.56 Å². The summed E-state index contributed by atoms with van der Waals surface area (Å²) in [6.45, 7) is 6.05. The minimum absolute atomic E-state index is 0.137. The molecule has 0 bridgehead atoms. The molecule has 172 valence electrons. The largest absolute Gasteiger partial charge is 0.476 e. The number of halogens is 2. The number of benzene rings is 1. The van der Waals surface area contributed by atoms with Gasteiger partial charge in [0.05, 0.1) is 35.6 Å². The number of thioether (sulfide) groups is 1. The Balaban J connectivity index is 1.78. The van der Waals surface area contributed by atoms with Crippen LogP contribution in [-0.2, 0) is 22.6 Å². The van der Waals surface area contributed by atoms with Crippen molar-refractivity contribution < 1.29 is 14.3 Å².